The van der Waals surface area contributed by atoms with Gasteiger partial charge in [-0.15, -0.1) is 0 Å². The highest BCUT2D eigenvalue weighted by Gasteiger charge is 2.16. The van der Waals surface area contributed by atoms with E-state index in [2.05, 4.69) is 58.2 Å². The average Bonchev–Trinajstić information content (AvgIpc) is 2.60. The molecule has 0 bridgehead atoms. The van der Waals surface area contributed by atoms with Crippen LogP contribution in [0.4, 0.5) is 0 Å². The van der Waals surface area contributed by atoms with Crippen molar-refractivity contribution in [3.05, 3.63) is 35.4 Å². The van der Waals surface area contributed by atoms with Crippen LogP contribution in [0.25, 0.3) is 0 Å². The summed E-state index contributed by atoms with van der Waals surface area (Å²) in [5.74, 6) is 0.540. The topological polar surface area (TPSA) is 56.9 Å². The molecule has 1 saturated heterocycles. The van der Waals surface area contributed by atoms with Crippen molar-refractivity contribution < 1.29 is 0 Å². The van der Waals surface area contributed by atoms with E-state index >= 15 is 0 Å². The maximum absolute atomic E-state index is 5.90. The van der Waals surface area contributed by atoms with E-state index in [-0.39, 0.29) is 0 Å². The van der Waals surface area contributed by atoms with Crippen LogP contribution in [-0.2, 0) is 13.1 Å². The smallest absolute Gasteiger partial charge is 0.188 e. The minimum Gasteiger partial charge on any atom is -0.370 e. The molecule has 1 aromatic rings. The van der Waals surface area contributed by atoms with Crippen LogP contribution < -0.4 is 11.1 Å². The van der Waals surface area contributed by atoms with Gasteiger partial charge in [-0.1, -0.05) is 38.1 Å². The van der Waals surface area contributed by atoms with E-state index < -0.39 is 0 Å². The summed E-state index contributed by atoms with van der Waals surface area (Å²) in [4.78, 5) is 9.51. The molecule has 1 fully saturated rings. The Morgan fingerprint density at radius 2 is 1.74 bits per heavy atom. The van der Waals surface area contributed by atoms with Gasteiger partial charge in [0.05, 0.1) is 6.54 Å². The van der Waals surface area contributed by atoms with E-state index in [1.54, 1.807) is 0 Å². The first-order valence-corrected chi connectivity index (χ1v) is 8.78. The Morgan fingerprint density at radius 3 is 2.39 bits per heavy atom. The zero-order valence-electron chi connectivity index (χ0n) is 14.6. The molecule has 5 heteroatoms. The largest absolute Gasteiger partial charge is 0.370 e. The predicted octanol–water partition coefficient (Wildman–Crippen LogP) is 1.64. The van der Waals surface area contributed by atoms with Crippen molar-refractivity contribution in [1.29, 1.82) is 0 Å². The van der Waals surface area contributed by atoms with Crippen molar-refractivity contribution in [3.63, 3.8) is 0 Å². The first kappa shape index (κ1) is 17.8. The molecule has 1 aliphatic rings. The summed E-state index contributed by atoms with van der Waals surface area (Å²) in [5, 5.41) is 3.13. The Hall–Kier alpha value is -1.59. The van der Waals surface area contributed by atoms with E-state index in [0.29, 0.717) is 12.5 Å². The van der Waals surface area contributed by atoms with Gasteiger partial charge >= 0.3 is 0 Å². The molecule has 0 spiro atoms. The molecule has 1 aliphatic heterocycles. The highest BCUT2D eigenvalue weighted by Crippen LogP contribution is 2.14. The second kappa shape index (κ2) is 9.53. The summed E-state index contributed by atoms with van der Waals surface area (Å²) in [6.45, 7) is 12.7. The summed E-state index contributed by atoms with van der Waals surface area (Å²) < 4.78 is 0. The quantitative estimate of drug-likeness (QED) is 0.593. The minimum absolute atomic E-state index is 0.540. The number of hydrogen-bond donors (Lipinski definition) is 2. The highest BCUT2D eigenvalue weighted by atomic mass is 15.3. The van der Waals surface area contributed by atoms with E-state index in [4.69, 9.17) is 5.73 Å². The van der Waals surface area contributed by atoms with Gasteiger partial charge in [0.1, 0.15) is 0 Å². The summed E-state index contributed by atoms with van der Waals surface area (Å²) in [7, 11) is 0. The Kier molecular flexibility index (Phi) is 7.36. The van der Waals surface area contributed by atoms with E-state index in [1.165, 1.54) is 24.2 Å². The fourth-order valence-electron chi connectivity index (χ4n) is 2.85. The molecule has 0 amide bonds. The van der Waals surface area contributed by atoms with Gasteiger partial charge in [-0.2, -0.15) is 0 Å². The number of nitrogens with zero attached hydrogens (tertiary/aromatic N) is 3. The summed E-state index contributed by atoms with van der Waals surface area (Å²) in [6.07, 6.45) is 1.05. The van der Waals surface area contributed by atoms with Crippen molar-refractivity contribution in [3.8, 4) is 0 Å². The molecule has 5 nitrogen and oxygen atoms in total. The summed E-state index contributed by atoms with van der Waals surface area (Å²) in [5.41, 5.74) is 8.53. The number of piperazine rings is 1. The number of hydrogen-bond acceptors (Lipinski definition) is 3. The molecule has 3 N–H and O–H groups in total. The van der Waals surface area contributed by atoms with Crippen molar-refractivity contribution in [2.24, 2.45) is 10.7 Å². The normalized spacial score (nSPS) is 17.4. The molecule has 0 saturated carbocycles. The van der Waals surface area contributed by atoms with Crippen LogP contribution in [0, 0.1) is 0 Å². The van der Waals surface area contributed by atoms with Gasteiger partial charge in [-0.25, -0.2) is 4.99 Å². The van der Waals surface area contributed by atoms with E-state index in [9.17, 15) is 0 Å². The molecular weight excluding hydrogens is 286 g/mol. The zero-order valence-corrected chi connectivity index (χ0v) is 14.6. The molecule has 0 aliphatic carbocycles. The molecular formula is C18H31N5. The zero-order chi connectivity index (χ0) is 16.5. The lowest BCUT2D eigenvalue weighted by molar-refractivity contribution is 0.131. The van der Waals surface area contributed by atoms with E-state index in [0.717, 1.165) is 39.1 Å². The number of nitrogens with one attached hydrogen (secondary N) is 1. The standard InChI is InChI=1S/C18H31N5/c1-3-9-20-18(19)21-14-16-7-5-6-8-17(16)15-23-12-10-22(4-2)11-13-23/h5-8H,3-4,9-15H2,1-2H3,(H3,19,20,21). The fraction of sp³-hybridized carbons (Fsp3) is 0.611. The monoisotopic (exact) mass is 317 g/mol. The molecule has 0 unspecified atom stereocenters. The average molecular weight is 317 g/mol. The third-order valence-electron chi connectivity index (χ3n) is 4.40. The molecule has 0 aromatic heterocycles. The van der Waals surface area contributed by atoms with Crippen LogP contribution in [0.3, 0.4) is 0 Å². The van der Waals surface area contributed by atoms with Crippen molar-refractivity contribution in [1.82, 2.24) is 15.1 Å². The van der Waals surface area contributed by atoms with Gasteiger partial charge in [-0.05, 0) is 24.1 Å². The highest BCUT2D eigenvalue weighted by molar-refractivity contribution is 5.77. The van der Waals surface area contributed by atoms with Crippen LogP contribution in [0.2, 0.25) is 0 Å². The second-order valence-corrected chi connectivity index (χ2v) is 6.11. The molecule has 1 aromatic carbocycles. The number of aliphatic imine (C=N–C) groups is 1. The predicted molar refractivity (Wildman–Crippen MR) is 97.5 cm³/mol. The Morgan fingerprint density at radius 1 is 1.09 bits per heavy atom. The van der Waals surface area contributed by atoms with Crippen LogP contribution in [-0.4, -0.2) is 55.0 Å². The first-order chi connectivity index (χ1) is 11.2. The van der Waals surface area contributed by atoms with Gasteiger partial charge in [0.15, 0.2) is 5.96 Å². The van der Waals surface area contributed by atoms with Gasteiger partial charge in [0.2, 0.25) is 0 Å². The number of guanidine groups is 1. The maximum atomic E-state index is 5.90. The fourth-order valence-corrected chi connectivity index (χ4v) is 2.85. The van der Waals surface area contributed by atoms with Gasteiger partial charge in [0.25, 0.3) is 0 Å². The second-order valence-electron chi connectivity index (χ2n) is 6.11. The van der Waals surface area contributed by atoms with Gasteiger partial charge in [-0.3, -0.25) is 4.90 Å². The number of benzene rings is 1. The molecule has 0 radical (unpaired) electrons. The molecule has 2 rings (SSSR count). The van der Waals surface area contributed by atoms with Crippen LogP contribution in [0.5, 0.6) is 0 Å². The van der Waals surface area contributed by atoms with Crippen LogP contribution in [0.15, 0.2) is 29.3 Å². The summed E-state index contributed by atoms with van der Waals surface area (Å²) in [6, 6.07) is 8.57. The Labute approximate surface area is 140 Å². The lowest BCUT2D eigenvalue weighted by atomic mass is 10.1. The Bertz CT molecular complexity index is 492. The minimum atomic E-state index is 0.540. The van der Waals surface area contributed by atoms with Gasteiger partial charge in [0, 0.05) is 39.3 Å². The molecule has 23 heavy (non-hydrogen) atoms. The number of rotatable bonds is 7. The van der Waals surface area contributed by atoms with Crippen molar-refractivity contribution in [2.45, 2.75) is 33.4 Å². The lowest BCUT2D eigenvalue weighted by Crippen LogP contribution is -2.45. The van der Waals surface area contributed by atoms with Crippen molar-refractivity contribution >= 4 is 5.96 Å². The number of likely N-dealkylation sites (N-methyl/N-ethyl adjacent to an activating group) is 1. The molecule has 0 atom stereocenters. The van der Waals surface area contributed by atoms with Gasteiger partial charge < -0.3 is 16.0 Å². The SMILES string of the molecule is CCCNC(N)=NCc1ccccc1CN1CCN(CC)CC1. The third kappa shape index (κ3) is 5.84. The summed E-state index contributed by atoms with van der Waals surface area (Å²) >= 11 is 0. The Balaban J connectivity index is 1.92. The van der Waals surface area contributed by atoms with Crippen LogP contribution in [0.1, 0.15) is 31.4 Å². The molecule has 1 heterocycles. The van der Waals surface area contributed by atoms with E-state index in [1.807, 2.05) is 0 Å². The number of nitrogens with two attached hydrogens (primary N) is 1. The first-order valence-electron chi connectivity index (χ1n) is 8.78. The van der Waals surface area contributed by atoms with Crippen LogP contribution >= 0.6 is 0 Å². The maximum Gasteiger partial charge on any atom is 0.188 e. The third-order valence-corrected chi connectivity index (χ3v) is 4.40. The van der Waals surface area contributed by atoms with Crippen molar-refractivity contribution in [2.75, 3.05) is 39.3 Å². The lowest BCUT2D eigenvalue weighted by Gasteiger charge is -2.34. The molecule has 128 valence electrons.